The summed E-state index contributed by atoms with van der Waals surface area (Å²) in [5.41, 5.74) is 5.99. The Morgan fingerprint density at radius 1 is 0.674 bits per heavy atom. The molecule has 3 aliphatic carbocycles. The van der Waals surface area contributed by atoms with Gasteiger partial charge in [-0.15, -0.1) is 0 Å². The molecule has 2 aliphatic heterocycles. The number of ether oxygens (including phenoxy) is 1. The molecule has 0 aromatic heterocycles. The Labute approximate surface area is 248 Å². The standard InChI is InChI=1S/C36H28N2O5/c39-29-18-22(20-37(29)19-21-8-2-1-3-9-21)36(42)43-24-16-14-23(15-17-24)38-34(40)32-30-25-10-4-5-11-26(25)31(33(32)35(38)41)28-13-7-6-12-27(28)30/h1-17,22,30-33H,18-20H2/t22-,30?,31?,32+,33+/m0/s1. The largest absolute Gasteiger partial charge is 0.426 e. The van der Waals surface area contributed by atoms with Gasteiger partial charge in [-0.25, -0.2) is 4.90 Å². The molecule has 7 nitrogen and oxygen atoms in total. The minimum atomic E-state index is -0.556. The second-order valence-electron chi connectivity index (χ2n) is 11.9. The van der Waals surface area contributed by atoms with Crippen LogP contribution in [0, 0.1) is 17.8 Å². The molecule has 5 aliphatic rings. The first kappa shape index (κ1) is 25.7. The number of amides is 3. The van der Waals surface area contributed by atoms with Gasteiger partial charge < -0.3 is 9.64 Å². The van der Waals surface area contributed by atoms with E-state index in [1.807, 2.05) is 54.6 Å². The zero-order valence-electron chi connectivity index (χ0n) is 23.3. The van der Waals surface area contributed by atoms with Crippen molar-refractivity contribution in [1.29, 1.82) is 0 Å². The molecule has 2 fully saturated rings. The van der Waals surface area contributed by atoms with Gasteiger partial charge in [0.05, 0.1) is 23.4 Å². The van der Waals surface area contributed by atoms with Gasteiger partial charge in [-0.05, 0) is 52.1 Å². The summed E-state index contributed by atoms with van der Waals surface area (Å²) >= 11 is 0. The van der Waals surface area contributed by atoms with Gasteiger partial charge in [0.1, 0.15) is 5.75 Å². The van der Waals surface area contributed by atoms with E-state index in [4.69, 9.17) is 4.74 Å². The Kier molecular flexibility index (Phi) is 5.83. The lowest BCUT2D eigenvalue weighted by atomic mass is 9.55. The molecule has 7 heteroatoms. The smallest absolute Gasteiger partial charge is 0.316 e. The summed E-state index contributed by atoms with van der Waals surface area (Å²) in [6.45, 7) is 0.757. The lowest BCUT2D eigenvalue weighted by molar-refractivity contribution is -0.139. The van der Waals surface area contributed by atoms with Gasteiger partial charge >= 0.3 is 5.97 Å². The van der Waals surface area contributed by atoms with Crippen molar-refractivity contribution in [1.82, 2.24) is 4.90 Å². The highest BCUT2D eigenvalue weighted by molar-refractivity contribution is 6.23. The van der Waals surface area contributed by atoms with Crippen LogP contribution in [-0.4, -0.2) is 35.1 Å². The number of likely N-dealkylation sites (tertiary alicyclic amines) is 1. The van der Waals surface area contributed by atoms with Gasteiger partial charge in [0.25, 0.3) is 0 Å². The third-order valence-corrected chi connectivity index (χ3v) is 9.53. The van der Waals surface area contributed by atoms with E-state index >= 15 is 0 Å². The predicted molar refractivity (Wildman–Crippen MR) is 158 cm³/mol. The fourth-order valence-corrected chi connectivity index (χ4v) is 7.68. The lowest BCUT2D eigenvalue weighted by Crippen LogP contribution is -2.41. The summed E-state index contributed by atoms with van der Waals surface area (Å²) in [6.07, 6.45) is 0.108. The van der Waals surface area contributed by atoms with Gasteiger partial charge in [-0.2, -0.15) is 0 Å². The number of benzene rings is 4. The van der Waals surface area contributed by atoms with Crippen molar-refractivity contribution in [3.8, 4) is 5.75 Å². The summed E-state index contributed by atoms with van der Waals surface area (Å²) in [5, 5.41) is 0. The van der Waals surface area contributed by atoms with Crippen LogP contribution in [0.25, 0.3) is 0 Å². The summed E-state index contributed by atoms with van der Waals surface area (Å²) in [5.74, 6) is -2.44. The second-order valence-corrected chi connectivity index (χ2v) is 11.9. The number of rotatable bonds is 5. The molecule has 0 N–H and O–H groups in total. The van der Waals surface area contributed by atoms with E-state index < -0.39 is 23.7 Å². The van der Waals surface area contributed by atoms with Crippen LogP contribution in [0.3, 0.4) is 0 Å². The van der Waals surface area contributed by atoms with Crippen LogP contribution < -0.4 is 9.64 Å². The normalized spacial score (nSPS) is 25.0. The van der Waals surface area contributed by atoms with Crippen molar-refractivity contribution in [2.45, 2.75) is 24.8 Å². The summed E-state index contributed by atoms with van der Waals surface area (Å²) in [7, 11) is 0. The first-order valence-electron chi connectivity index (χ1n) is 14.7. The maximum absolute atomic E-state index is 14.0. The van der Waals surface area contributed by atoms with Crippen LogP contribution in [0.15, 0.2) is 103 Å². The van der Waals surface area contributed by atoms with Gasteiger partial charge in [0, 0.05) is 31.3 Å². The molecule has 212 valence electrons. The average molecular weight is 569 g/mol. The molecule has 3 atom stereocenters. The molecule has 4 aromatic rings. The lowest BCUT2D eigenvalue weighted by Gasteiger charge is -2.45. The first-order valence-corrected chi connectivity index (χ1v) is 14.7. The Morgan fingerprint density at radius 3 is 1.72 bits per heavy atom. The number of esters is 1. The molecule has 0 unspecified atom stereocenters. The fourth-order valence-electron chi connectivity index (χ4n) is 7.68. The van der Waals surface area contributed by atoms with Crippen molar-refractivity contribution < 1.29 is 23.9 Å². The Morgan fingerprint density at radius 2 is 1.19 bits per heavy atom. The first-order chi connectivity index (χ1) is 21.0. The molecule has 9 rings (SSSR count). The number of hydrogen-bond acceptors (Lipinski definition) is 5. The monoisotopic (exact) mass is 568 g/mol. The number of anilines is 1. The van der Waals surface area contributed by atoms with Crippen LogP contribution >= 0.6 is 0 Å². The molecular weight excluding hydrogens is 540 g/mol. The fraction of sp³-hybridized carbons (Fsp3) is 0.222. The average Bonchev–Trinajstić information content (AvgIpc) is 3.54. The van der Waals surface area contributed by atoms with Crippen LogP contribution in [-0.2, 0) is 25.7 Å². The zero-order valence-corrected chi connectivity index (χ0v) is 23.3. The maximum atomic E-state index is 14.0. The van der Waals surface area contributed by atoms with Gasteiger partial charge in [0.15, 0.2) is 0 Å². The predicted octanol–water partition coefficient (Wildman–Crippen LogP) is 5.04. The van der Waals surface area contributed by atoms with Crippen molar-refractivity contribution in [2.75, 3.05) is 11.4 Å². The Bertz CT molecular complexity index is 1680. The van der Waals surface area contributed by atoms with Crippen LogP contribution in [0.1, 0.15) is 46.1 Å². The van der Waals surface area contributed by atoms with Crippen LogP contribution in [0.4, 0.5) is 5.69 Å². The van der Waals surface area contributed by atoms with E-state index in [0.717, 1.165) is 27.8 Å². The van der Waals surface area contributed by atoms with E-state index in [2.05, 4.69) is 24.3 Å². The van der Waals surface area contributed by atoms with E-state index in [1.165, 1.54) is 4.90 Å². The Balaban J connectivity index is 1.00. The molecule has 43 heavy (non-hydrogen) atoms. The molecule has 0 radical (unpaired) electrons. The van der Waals surface area contributed by atoms with Crippen LogP contribution in [0.2, 0.25) is 0 Å². The van der Waals surface area contributed by atoms with Gasteiger partial charge in [-0.1, -0.05) is 78.9 Å². The summed E-state index contributed by atoms with van der Waals surface area (Å²) in [6, 6.07) is 32.5. The maximum Gasteiger partial charge on any atom is 0.316 e. The topological polar surface area (TPSA) is 84.0 Å². The molecular formula is C36H28N2O5. The van der Waals surface area contributed by atoms with E-state index in [9.17, 15) is 19.2 Å². The summed E-state index contributed by atoms with van der Waals surface area (Å²) < 4.78 is 5.63. The van der Waals surface area contributed by atoms with E-state index in [0.29, 0.717) is 24.5 Å². The number of carbonyl (C=O) groups is 4. The molecule has 2 bridgehead atoms. The minimum absolute atomic E-state index is 0.0769. The van der Waals surface area contributed by atoms with Crippen molar-refractivity contribution in [3.63, 3.8) is 0 Å². The van der Waals surface area contributed by atoms with Crippen LogP contribution in [0.5, 0.6) is 5.75 Å². The third-order valence-electron chi connectivity index (χ3n) is 9.53. The van der Waals surface area contributed by atoms with Crippen molar-refractivity contribution in [3.05, 3.63) is 131 Å². The molecule has 4 aromatic carbocycles. The van der Waals surface area contributed by atoms with Crippen molar-refractivity contribution in [2.24, 2.45) is 17.8 Å². The summed E-state index contributed by atoms with van der Waals surface area (Å²) in [4.78, 5) is 56.4. The van der Waals surface area contributed by atoms with E-state index in [1.54, 1.807) is 29.2 Å². The number of nitrogens with zero attached hydrogens (tertiary/aromatic N) is 2. The molecule has 2 heterocycles. The second kappa shape index (κ2) is 9.76. The van der Waals surface area contributed by atoms with Gasteiger partial charge in [-0.3, -0.25) is 19.2 Å². The molecule has 0 saturated carbocycles. The Hall–Kier alpha value is -5.04. The molecule has 3 amide bonds. The van der Waals surface area contributed by atoms with Crippen molar-refractivity contribution >= 4 is 29.4 Å². The minimum Gasteiger partial charge on any atom is -0.426 e. The highest BCUT2D eigenvalue weighted by Gasteiger charge is 2.61. The SMILES string of the molecule is O=C(Oc1ccc(N2C(=O)[C@@H]3C4c5ccccc5C(c5ccccc54)[C@H]3C2=O)cc1)[C@H]1CC(=O)N(Cc2ccccc2)C1. The zero-order chi connectivity index (χ0) is 29.2. The van der Waals surface area contributed by atoms with Gasteiger partial charge in [0.2, 0.25) is 17.7 Å². The number of carbonyl (C=O) groups excluding carboxylic acids is 4. The highest BCUT2D eigenvalue weighted by Crippen LogP contribution is 2.61. The number of imide groups is 1. The quantitative estimate of drug-likeness (QED) is 0.191. The molecule has 0 spiro atoms. The number of hydrogen-bond donors (Lipinski definition) is 0. The highest BCUT2D eigenvalue weighted by atomic mass is 16.5. The third kappa shape index (κ3) is 3.95. The molecule has 2 saturated heterocycles. The van der Waals surface area contributed by atoms with E-state index in [-0.39, 0.29) is 36.0 Å².